The van der Waals surface area contributed by atoms with Crippen LogP contribution in [-0.2, 0) is 4.79 Å². The van der Waals surface area contributed by atoms with Gasteiger partial charge >= 0.3 is 0 Å². The fourth-order valence-electron chi connectivity index (χ4n) is 1.74. The molecule has 1 rings (SSSR count). The first kappa shape index (κ1) is 15.0. The van der Waals surface area contributed by atoms with E-state index in [0.717, 1.165) is 12.8 Å². The van der Waals surface area contributed by atoms with Gasteiger partial charge in [0.15, 0.2) is 0 Å². The summed E-state index contributed by atoms with van der Waals surface area (Å²) in [4.78, 5) is 15.7. The number of pyridine rings is 1. The van der Waals surface area contributed by atoms with Crippen molar-refractivity contribution in [3.63, 3.8) is 0 Å². The number of amides is 1. The quantitative estimate of drug-likeness (QED) is 0.709. The fourth-order valence-corrected chi connectivity index (χ4v) is 1.90. The highest BCUT2D eigenvalue weighted by atomic mass is 35.5. The van der Waals surface area contributed by atoms with E-state index < -0.39 is 0 Å². The van der Waals surface area contributed by atoms with Crippen LogP contribution in [0.2, 0.25) is 5.02 Å². The van der Waals surface area contributed by atoms with Crippen molar-refractivity contribution in [1.82, 2.24) is 4.98 Å². The number of carbonyl (C=O) groups excluding carboxylic acids is 1. The molecule has 0 atom stereocenters. The molecule has 1 aromatic heterocycles. The third kappa shape index (κ3) is 6.60. The Hall–Kier alpha value is -1.09. The second kappa shape index (κ2) is 8.92. The van der Waals surface area contributed by atoms with E-state index in [1.165, 1.54) is 25.7 Å². The number of halogens is 1. The Morgan fingerprint density at radius 1 is 1.28 bits per heavy atom. The first-order chi connectivity index (χ1) is 8.72. The molecule has 1 amide bonds. The zero-order chi connectivity index (χ0) is 13.2. The Kier molecular flexibility index (Phi) is 7.42. The van der Waals surface area contributed by atoms with Crippen molar-refractivity contribution in [2.75, 3.05) is 5.32 Å². The van der Waals surface area contributed by atoms with Gasteiger partial charge in [0.1, 0.15) is 5.82 Å². The van der Waals surface area contributed by atoms with Gasteiger partial charge in [0, 0.05) is 17.6 Å². The van der Waals surface area contributed by atoms with Crippen LogP contribution in [0.3, 0.4) is 0 Å². The second-order valence-electron chi connectivity index (χ2n) is 4.43. The van der Waals surface area contributed by atoms with Crippen LogP contribution in [0.25, 0.3) is 0 Å². The lowest BCUT2D eigenvalue weighted by molar-refractivity contribution is -0.116. The van der Waals surface area contributed by atoms with Crippen LogP contribution in [0.1, 0.15) is 51.9 Å². The predicted molar refractivity (Wildman–Crippen MR) is 75.9 cm³/mol. The molecule has 1 N–H and O–H groups in total. The van der Waals surface area contributed by atoms with E-state index in [2.05, 4.69) is 17.2 Å². The van der Waals surface area contributed by atoms with Crippen molar-refractivity contribution in [2.45, 2.75) is 51.9 Å². The first-order valence-electron chi connectivity index (χ1n) is 6.63. The molecule has 100 valence electrons. The van der Waals surface area contributed by atoms with Crippen LogP contribution >= 0.6 is 11.6 Å². The largest absolute Gasteiger partial charge is 0.311 e. The number of anilines is 1. The topological polar surface area (TPSA) is 42.0 Å². The van der Waals surface area contributed by atoms with Crippen molar-refractivity contribution in [3.05, 3.63) is 23.4 Å². The number of nitrogens with zero attached hydrogens (tertiary/aromatic N) is 1. The van der Waals surface area contributed by atoms with Gasteiger partial charge in [-0.3, -0.25) is 4.79 Å². The highest BCUT2D eigenvalue weighted by Gasteiger charge is 2.03. The minimum Gasteiger partial charge on any atom is -0.311 e. The molecule has 3 nitrogen and oxygen atoms in total. The average Bonchev–Trinajstić information content (AvgIpc) is 2.33. The Morgan fingerprint density at radius 2 is 2.00 bits per heavy atom. The van der Waals surface area contributed by atoms with Crippen LogP contribution in [0.4, 0.5) is 5.82 Å². The first-order valence-corrected chi connectivity index (χ1v) is 7.01. The molecule has 0 aliphatic heterocycles. The molecule has 0 aliphatic carbocycles. The van der Waals surface area contributed by atoms with E-state index in [1.54, 1.807) is 18.3 Å². The normalized spacial score (nSPS) is 10.3. The molecular weight excluding hydrogens is 248 g/mol. The number of hydrogen-bond acceptors (Lipinski definition) is 2. The van der Waals surface area contributed by atoms with Gasteiger partial charge in [0.05, 0.1) is 0 Å². The smallest absolute Gasteiger partial charge is 0.225 e. The van der Waals surface area contributed by atoms with Crippen LogP contribution in [-0.4, -0.2) is 10.9 Å². The average molecular weight is 269 g/mol. The van der Waals surface area contributed by atoms with Crippen LogP contribution < -0.4 is 5.32 Å². The van der Waals surface area contributed by atoms with E-state index in [0.29, 0.717) is 17.3 Å². The van der Waals surface area contributed by atoms with Crippen LogP contribution in [0.15, 0.2) is 18.3 Å². The summed E-state index contributed by atoms with van der Waals surface area (Å²) in [6, 6.07) is 3.34. The molecule has 0 radical (unpaired) electrons. The minimum absolute atomic E-state index is 0.0141. The lowest BCUT2D eigenvalue weighted by atomic mass is 10.1. The van der Waals surface area contributed by atoms with E-state index in [4.69, 9.17) is 11.6 Å². The molecule has 0 saturated heterocycles. The zero-order valence-electron chi connectivity index (χ0n) is 10.9. The number of hydrogen-bond donors (Lipinski definition) is 1. The summed E-state index contributed by atoms with van der Waals surface area (Å²) >= 11 is 5.81. The molecule has 0 unspecified atom stereocenters. The molecule has 0 bridgehead atoms. The molecule has 1 heterocycles. The molecular formula is C14H21ClN2O. The summed E-state index contributed by atoms with van der Waals surface area (Å²) in [5.41, 5.74) is 0. The van der Waals surface area contributed by atoms with Gasteiger partial charge in [-0.05, 0) is 18.6 Å². The maximum absolute atomic E-state index is 11.6. The van der Waals surface area contributed by atoms with E-state index >= 15 is 0 Å². The number of aromatic nitrogens is 1. The highest BCUT2D eigenvalue weighted by Crippen LogP contribution is 2.12. The summed E-state index contributed by atoms with van der Waals surface area (Å²) in [7, 11) is 0. The standard InChI is InChI=1S/C14H21ClN2O/c1-2-3-4-5-6-7-8-14(18)17-13-11-12(15)9-10-16-13/h9-11H,2-8H2,1H3,(H,16,17,18). The molecule has 0 fully saturated rings. The Balaban J connectivity index is 2.14. The van der Waals surface area contributed by atoms with Gasteiger partial charge in [-0.25, -0.2) is 4.98 Å². The lowest BCUT2D eigenvalue weighted by Gasteiger charge is -2.04. The van der Waals surface area contributed by atoms with Gasteiger partial charge in [0.2, 0.25) is 5.91 Å². The molecule has 1 aromatic rings. The molecule has 0 spiro atoms. The molecule has 4 heteroatoms. The van der Waals surface area contributed by atoms with Crippen molar-refractivity contribution < 1.29 is 4.79 Å². The third-order valence-electron chi connectivity index (χ3n) is 2.75. The van der Waals surface area contributed by atoms with Gasteiger partial charge in [-0.1, -0.05) is 50.6 Å². The maximum Gasteiger partial charge on any atom is 0.225 e. The van der Waals surface area contributed by atoms with Crippen LogP contribution in [0.5, 0.6) is 0 Å². The predicted octanol–water partition coefficient (Wildman–Crippen LogP) is 4.42. The Labute approximate surface area is 114 Å². The number of unbranched alkanes of at least 4 members (excludes halogenated alkanes) is 5. The van der Waals surface area contributed by atoms with E-state index in [9.17, 15) is 4.79 Å². The molecule has 0 saturated carbocycles. The van der Waals surface area contributed by atoms with Gasteiger partial charge in [0.25, 0.3) is 0 Å². The van der Waals surface area contributed by atoms with Crippen LogP contribution in [0, 0.1) is 0 Å². The van der Waals surface area contributed by atoms with E-state index in [-0.39, 0.29) is 5.91 Å². The Morgan fingerprint density at radius 3 is 2.72 bits per heavy atom. The highest BCUT2D eigenvalue weighted by molar-refractivity contribution is 6.30. The SMILES string of the molecule is CCCCCCCCC(=O)Nc1cc(Cl)ccn1. The number of carbonyl (C=O) groups is 1. The van der Waals surface area contributed by atoms with Crippen molar-refractivity contribution in [3.8, 4) is 0 Å². The summed E-state index contributed by atoms with van der Waals surface area (Å²) in [6.07, 6.45) is 9.24. The lowest BCUT2D eigenvalue weighted by Crippen LogP contribution is -2.12. The minimum atomic E-state index is 0.0141. The third-order valence-corrected chi connectivity index (χ3v) is 2.98. The fraction of sp³-hybridized carbons (Fsp3) is 0.571. The van der Waals surface area contributed by atoms with Gasteiger partial charge < -0.3 is 5.32 Å². The van der Waals surface area contributed by atoms with E-state index in [1.807, 2.05) is 0 Å². The molecule has 0 aromatic carbocycles. The number of rotatable bonds is 8. The van der Waals surface area contributed by atoms with Gasteiger partial charge in [-0.15, -0.1) is 0 Å². The maximum atomic E-state index is 11.6. The summed E-state index contributed by atoms with van der Waals surface area (Å²) in [6.45, 7) is 2.20. The Bertz CT molecular complexity index is 369. The molecule has 18 heavy (non-hydrogen) atoms. The summed E-state index contributed by atoms with van der Waals surface area (Å²) in [5, 5.41) is 3.33. The summed E-state index contributed by atoms with van der Waals surface area (Å²) < 4.78 is 0. The van der Waals surface area contributed by atoms with Crippen molar-refractivity contribution in [1.29, 1.82) is 0 Å². The van der Waals surface area contributed by atoms with Gasteiger partial charge in [-0.2, -0.15) is 0 Å². The van der Waals surface area contributed by atoms with Crippen molar-refractivity contribution in [2.24, 2.45) is 0 Å². The number of nitrogens with one attached hydrogen (secondary N) is 1. The monoisotopic (exact) mass is 268 g/mol. The second-order valence-corrected chi connectivity index (χ2v) is 4.86. The molecule has 0 aliphatic rings. The van der Waals surface area contributed by atoms with Crippen molar-refractivity contribution >= 4 is 23.3 Å². The zero-order valence-corrected chi connectivity index (χ0v) is 11.7. The summed E-state index contributed by atoms with van der Waals surface area (Å²) in [5.74, 6) is 0.541.